The molecule has 0 radical (unpaired) electrons. The van der Waals surface area contributed by atoms with Gasteiger partial charge in [-0.3, -0.25) is 0 Å². The number of piperidine rings is 1. The minimum Gasteiger partial charge on any atom is -0.434 e. The Morgan fingerprint density at radius 3 is 2.73 bits per heavy atom. The van der Waals surface area contributed by atoms with E-state index >= 15 is 0 Å². The number of benzene rings is 1. The first-order chi connectivity index (χ1) is 10.6. The lowest BCUT2D eigenvalue weighted by atomic mass is 10.1. The third-order valence-electron chi connectivity index (χ3n) is 3.91. The van der Waals surface area contributed by atoms with E-state index in [1.165, 1.54) is 6.07 Å². The van der Waals surface area contributed by atoms with Crippen LogP contribution in [0.1, 0.15) is 18.9 Å². The monoisotopic (exact) mass is 326 g/mol. The topological polar surface area (TPSA) is 26.2 Å². The Morgan fingerprint density at radius 2 is 2.00 bits per heavy atom. The molecule has 1 aromatic carbocycles. The minimum atomic E-state index is -2.86. The number of nitrogens with zero attached hydrogens (tertiary/aromatic N) is 1. The number of hydrogen-bond donors (Lipinski definition) is 1. The largest absolute Gasteiger partial charge is 0.434 e. The molecule has 118 valence electrons. The number of ether oxygens (including phenoxy) is 1. The highest BCUT2D eigenvalue weighted by atomic mass is 35.5. The normalized spacial score (nSPS) is 16.2. The predicted octanol–water partition coefficient (Wildman–Crippen LogP) is 4.33. The van der Waals surface area contributed by atoms with Gasteiger partial charge in [0.1, 0.15) is 5.75 Å². The van der Waals surface area contributed by atoms with Gasteiger partial charge in [0.05, 0.1) is 0 Å². The first-order valence-corrected chi connectivity index (χ1v) is 7.64. The summed E-state index contributed by atoms with van der Waals surface area (Å²) in [4.78, 5) is 0. The van der Waals surface area contributed by atoms with Crippen LogP contribution in [0.15, 0.2) is 36.7 Å². The average molecular weight is 327 g/mol. The molecule has 0 aliphatic carbocycles. The quantitative estimate of drug-likeness (QED) is 0.904. The highest BCUT2D eigenvalue weighted by Gasteiger charge is 2.17. The van der Waals surface area contributed by atoms with Gasteiger partial charge < -0.3 is 14.6 Å². The summed E-state index contributed by atoms with van der Waals surface area (Å²) in [5, 5.41) is 3.82. The molecule has 0 unspecified atom stereocenters. The number of alkyl halides is 2. The van der Waals surface area contributed by atoms with Crippen molar-refractivity contribution in [2.24, 2.45) is 0 Å². The standard InChI is InChI=1S/C16H17ClF2N2O/c17-12-1-2-15(22-16(18)19)14(9-12)11-5-8-21(10-11)13-3-6-20-7-4-13/h1-2,5,8-10,13,16,20H,3-4,6-7H2. The fourth-order valence-electron chi connectivity index (χ4n) is 2.83. The molecule has 3 rings (SSSR count). The van der Waals surface area contributed by atoms with E-state index in [-0.39, 0.29) is 5.75 Å². The molecule has 0 spiro atoms. The second kappa shape index (κ2) is 6.67. The van der Waals surface area contributed by atoms with Gasteiger partial charge in [-0.25, -0.2) is 0 Å². The van der Waals surface area contributed by atoms with Crippen LogP contribution in [-0.4, -0.2) is 24.3 Å². The zero-order chi connectivity index (χ0) is 15.5. The number of rotatable bonds is 4. The molecule has 0 amide bonds. The van der Waals surface area contributed by atoms with Gasteiger partial charge in [-0.05, 0) is 50.2 Å². The Labute approximate surface area is 132 Å². The summed E-state index contributed by atoms with van der Waals surface area (Å²) in [7, 11) is 0. The molecule has 1 aliphatic heterocycles. The van der Waals surface area contributed by atoms with Gasteiger partial charge in [0, 0.05) is 34.6 Å². The summed E-state index contributed by atoms with van der Waals surface area (Å²) in [5.74, 6) is 0.141. The van der Waals surface area contributed by atoms with Crippen LogP contribution in [0.3, 0.4) is 0 Å². The molecule has 1 saturated heterocycles. The van der Waals surface area contributed by atoms with Gasteiger partial charge in [0.2, 0.25) is 0 Å². The van der Waals surface area contributed by atoms with E-state index in [0.717, 1.165) is 31.5 Å². The SMILES string of the molecule is FC(F)Oc1ccc(Cl)cc1-c1ccn(C2CCNCC2)c1. The van der Waals surface area contributed by atoms with Crippen LogP contribution in [0.5, 0.6) is 5.75 Å². The van der Waals surface area contributed by atoms with Gasteiger partial charge in [-0.15, -0.1) is 0 Å². The fourth-order valence-corrected chi connectivity index (χ4v) is 3.00. The zero-order valence-electron chi connectivity index (χ0n) is 11.9. The summed E-state index contributed by atoms with van der Waals surface area (Å²) in [6.07, 6.45) is 6.08. The molecule has 0 bridgehead atoms. The van der Waals surface area contributed by atoms with E-state index in [0.29, 0.717) is 16.6 Å². The van der Waals surface area contributed by atoms with Crippen LogP contribution in [0, 0.1) is 0 Å². The average Bonchev–Trinajstić information content (AvgIpc) is 2.99. The van der Waals surface area contributed by atoms with Gasteiger partial charge in [0.25, 0.3) is 0 Å². The van der Waals surface area contributed by atoms with Crippen LogP contribution >= 0.6 is 11.6 Å². The molecular weight excluding hydrogens is 310 g/mol. The van der Waals surface area contributed by atoms with Crippen LogP contribution in [0.2, 0.25) is 5.02 Å². The zero-order valence-corrected chi connectivity index (χ0v) is 12.7. The van der Waals surface area contributed by atoms with Gasteiger partial charge in [0.15, 0.2) is 0 Å². The molecular formula is C16H17ClF2N2O. The highest BCUT2D eigenvalue weighted by Crippen LogP contribution is 2.35. The van der Waals surface area contributed by atoms with Crippen molar-refractivity contribution in [3.05, 3.63) is 41.7 Å². The maximum absolute atomic E-state index is 12.5. The molecule has 1 fully saturated rings. The third kappa shape index (κ3) is 3.42. The Kier molecular flexibility index (Phi) is 4.64. The summed E-state index contributed by atoms with van der Waals surface area (Å²) < 4.78 is 31.8. The molecule has 2 aromatic rings. The van der Waals surface area contributed by atoms with Crippen molar-refractivity contribution < 1.29 is 13.5 Å². The molecule has 0 atom stereocenters. The van der Waals surface area contributed by atoms with Crippen molar-refractivity contribution >= 4 is 11.6 Å². The first kappa shape index (κ1) is 15.3. The Bertz CT molecular complexity index is 639. The highest BCUT2D eigenvalue weighted by molar-refractivity contribution is 6.31. The summed E-state index contributed by atoms with van der Waals surface area (Å²) in [5.41, 5.74) is 1.41. The van der Waals surface area contributed by atoms with E-state index in [1.54, 1.807) is 12.1 Å². The number of halogens is 3. The van der Waals surface area contributed by atoms with E-state index in [1.807, 2.05) is 18.5 Å². The molecule has 3 nitrogen and oxygen atoms in total. The van der Waals surface area contributed by atoms with Crippen molar-refractivity contribution in [3.63, 3.8) is 0 Å². The van der Waals surface area contributed by atoms with Crippen molar-refractivity contribution in [3.8, 4) is 16.9 Å². The second-order valence-corrected chi connectivity index (χ2v) is 5.78. The Hall–Kier alpha value is -1.59. The van der Waals surface area contributed by atoms with Crippen LogP contribution in [0.25, 0.3) is 11.1 Å². The summed E-state index contributed by atoms with van der Waals surface area (Å²) in [6.45, 7) is -0.865. The number of aromatic nitrogens is 1. The molecule has 1 N–H and O–H groups in total. The lowest BCUT2D eigenvalue weighted by Gasteiger charge is -2.24. The molecule has 22 heavy (non-hydrogen) atoms. The van der Waals surface area contributed by atoms with Crippen molar-refractivity contribution in [1.82, 2.24) is 9.88 Å². The molecule has 1 aliphatic rings. The second-order valence-electron chi connectivity index (χ2n) is 5.35. The van der Waals surface area contributed by atoms with Crippen molar-refractivity contribution in [1.29, 1.82) is 0 Å². The van der Waals surface area contributed by atoms with Gasteiger partial charge >= 0.3 is 6.61 Å². The van der Waals surface area contributed by atoms with E-state index in [2.05, 4.69) is 14.6 Å². The number of nitrogens with one attached hydrogen (secondary N) is 1. The minimum absolute atomic E-state index is 0.141. The maximum Gasteiger partial charge on any atom is 0.387 e. The third-order valence-corrected chi connectivity index (χ3v) is 4.15. The maximum atomic E-state index is 12.5. The molecule has 1 aromatic heterocycles. The van der Waals surface area contributed by atoms with Crippen LogP contribution in [0.4, 0.5) is 8.78 Å². The smallest absolute Gasteiger partial charge is 0.387 e. The van der Waals surface area contributed by atoms with Crippen LogP contribution in [-0.2, 0) is 0 Å². The van der Waals surface area contributed by atoms with Crippen molar-refractivity contribution in [2.45, 2.75) is 25.5 Å². The lowest BCUT2D eigenvalue weighted by molar-refractivity contribution is -0.0494. The Morgan fingerprint density at radius 1 is 1.23 bits per heavy atom. The Balaban J connectivity index is 1.90. The van der Waals surface area contributed by atoms with E-state index in [4.69, 9.17) is 11.6 Å². The summed E-state index contributed by atoms with van der Waals surface area (Å²) in [6, 6.07) is 7.03. The number of hydrogen-bond acceptors (Lipinski definition) is 2. The molecule has 2 heterocycles. The first-order valence-electron chi connectivity index (χ1n) is 7.26. The van der Waals surface area contributed by atoms with Crippen molar-refractivity contribution in [2.75, 3.05) is 13.1 Å². The summed E-state index contributed by atoms with van der Waals surface area (Å²) >= 11 is 6.00. The fraction of sp³-hybridized carbons (Fsp3) is 0.375. The molecule has 0 saturated carbocycles. The van der Waals surface area contributed by atoms with E-state index < -0.39 is 6.61 Å². The van der Waals surface area contributed by atoms with Gasteiger partial charge in [-0.2, -0.15) is 8.78 Å². The van der Waals surface area contributed by atoms with Crippen LogP contribution < -0.4 is 10.1 Å². The molecule has 6 heteroatoms. The predicted molar refractivity (Wildman–Crippen MR) is 82.7 cm³/mol. The lowest BCUT2D eigenvalue weighted by Crippen LogP contribution is -2.28. The van der Waals surface area contributed by atoms with E-state index in [9.17, 15) is 8.78 Å². The van der Waals surface area contributed by atoms with Gasteiger partial charge in [-0.1, -0.05) is 11.6 Å².